The summed E-state index contributed by atoms with van der Waals surface area (Å²) in [4.78, 5) is 12.8. The Labute approximate surface area is 138 Å². The van der Waals surface area contributed by atoms with E-state index in [1.807, 2.05) is 32.9 Å². The number of alkyl carbamates (subject to hydrolysis) is 1. The average molecular weight is 324 g/mol. The van der Waals surface area contributed by atoms with Gasteiger partial charge in [0, 0.05) is 24.0 Å². The van der Waals surface area contributed by atoms with Gasteiger partial charge in [0.2, 0.25) is 0 Å². The van der Waals surface area contributed by atoms with Crippen molar-refractivity contribution >= 4 is 17.4 Å². The van der Waals surface area contributed by atoms with E-state index in [1.54, 1.807) is 11.3 Å². The summed E-state index contributed by atoms with van der Waals surface area (Å²) in [5.41, 5.74) is -0.458. The third kappa shape index (κ3) is 7.61. The van der Waals surface area contributed by atoms with Crippen LogP contribution in [0.15, 0.2) is 29.7 Å². The van der Waals surface area contributed by atoms with Crippen LogP contribution < -0.4 is 10.6 Å². The first-order valence-electron chi connectivity index (χ1n) is 7.68. The van der Waals surface area contributed by atoms with Gasteiger partial charge < -0.3 is 15.4 Å². The Morgan fingerprint density at radius 2 is 2.00 bits per heavy atom. The average Bonchev–Trinajstić information content (AvgIpc) is 2.88. The number of rotatable bonds is 7. The van der Waals surface area contributed by atoms with Gasteiger partial charge in [-0.2, -0.15) is 0 Å². The lowest BCUT2D eigenvalue weighted by atomic mass is 10.0. The van der Waals surface area contributed by atoms with Crippen molar-refractivity contribution in [3.8, 4) is 0 Å². The minimum Gasteiger partial charge on any atom is -0.444 e. The van der Waals surface area contributed by atoms with Gasteiger partial charge in [-0.05, 0) is 38.1 Å². The van der Waals surface area contributed by atoms with Crippen LogP contribution in [-0.2, 0) is 4.74 Å². The maximum absolute atomic E-state index is 11.5. The fourth-order valence-corrected chi connectivity index (χ4v) is 2.92. The van der Waals surface area contributed by atoms with Crippen molar-refractivity contribution in [2.45, 2.75) is 46.3 Å². The molecule has 124 valence electrons. The van der Waals surface area contributed by atoms with Crippen LogP contribution >= 0.6 is 11.3 Å². The van der Waals surface area contributed by atoms with Crippen molar-refractivity contribution in [1.29, 1.82) is 0 Å². The van der Waals surface area contributed by atoms with E-state index >= 15 is 0 Å². The molecule has 0 aliphatic carbocycles. The molecule has 0 bridgehead atoms. The summed E-state index contributed by atoms with van der Waals surface area (Å²) in [6.45, 7) is 11.2. The zero-order valence-electron chi connectivity index (χ0n) is 14.2. The highest BCUT2D eigenvalue weighted by Crippen LogP contribution is 2.25. The van der Waals surface area contributed by atoms with Gasteiger partial charge in [0.1, 0.15) is 5.60 Å². The van der Waals surface area contributed by atoms with Crippen molar-refractivity contribution in [1.82, 2.24) is 10.6 Å². The summed E-state index contributed by atoms with van der Waals surface area (Å²) in [7, 11) is 0. The molecular formula is C17H28N2O2S. The first kappa shape index (κ1) is 18.7. The van der Waals surface area contributed by atoms with E-state index in [9.17, 15) is 4.79 Å². The van der Waals surface area contributed by atoms with E-state index in [0.717, 1.165) is 6.54 Å². The fraction of sp³-hybridized carbons (Fsp3) is 0.588. The number of ether oxygens (including phenoxy) is 1. The van der Waals surface area contributed by atoms with E-state index in [-0.39, 0.29) is 6.09 Å². The van der Waals surface area contributed by atoms with Crippen LogP contribution in [0.5, 0.6) is 0 Å². The fourth-order valence-electron chi connectivity index (χ4n) is 1.95. The molecule has 1 heterocycles. The van der Waals surface area contributed by atoms with Crippen molar-refractivity contribution in [3.63, 3.8) is 0 Å². The Kier molecular flexibility index (Phi) is 7.62. The van der Waals surface area contributed by atoms with E-state index in [2.05, 4.69) is 42.0 Å². The van der Waals surface area contributed by atoms with Crippen LogP contribution in [0.1, 0.15) is 45.5 Å². The van der Waals surface area contributed by atoms with E-state index < -0.39 is 5.60 Å². The lowest BCUT2D eigenvalue weighted by Crippen LogP contribution is -2.32. The Morgan fingerprint density at radius 3 is 2.55 bits per heavy atom. The number of nitrogens with one attached hydrogen (secondary N) is 2. The van der Waals surface area contributed by atoms with Gasteiger partial charge in [0.25, 0.3) is 0 Å². The summed E-state index contributed by atoms with van der Waals surface area (Å²) in [5.74, 6) is 0.534. The molecule has 0 fully saturated rings. The molecule has 0 aliphatic heterocycles. The van der Waals surface area contributed by atoms with Crippen molar-refractivity contribution in [2.24, 2.45) is 5.92 Å². The van der Waals surface area contributed by atoms with Gasteiger partial charge in [0.05, 0.1) is 0 Å². The smallest absolute Gasteiger partial charge is 0.407 e. The lowest BCUT2D eigenvalue weighted by Gasteiger charge is -2.20. The molecule has 0 radical (unpaired) electrons. The SMILES string of the molecule is CC(C)C(NC/C=C/CNC(=O)OC(C)(C)C)c1cccs1. The Balaban J connectivity index is 2.27. The number of hydrogen-bond acceptors (Lipinski definition) is 4. The monoisotopic (exact) mass is 324 g/mol. The number of carbonyl (C=O) groups excluding carboxylic acids is 1. The second-order valence-corrected chi connectivity index (χ2v) is 7.48. The molecule has 1 atom stereocenters. The lowest BCUT2D eigenvalue weighted by molar-refractivity contribution is 0.0534. The van der Waals surface area contributed by atoms with Crippen LogP contribution in [0.25, 0.3) is 0 Å². The number of thiophene rings is 1. The molecule has 0 saturated carbocycles. The predicted octanol–water partition coefficient (Wildman–Crippen LogP) is 4.12. The summed E-state index contributed by atoms with van der Waals surface area (Å²) in [6.07, 6.45) is 3.58. The molecule has 0 aromatic carbocycles. The molecule has 0 aliphatic rings. The third-order valence-corrected chi connectivity index (χ3v) is 3.86. The molecule has 22 heavy (non-hydrogen) atoms. The Bertz CT molecular complexity index is 462. The Morgan fingerprint density at radius 1 is 1.32 bits per heavy atom. The highest BCUT2D eigenvalue weighted by Gasteiger charge is 2.16. The summed E-state index contributed by atoms with van der Waals surface area (Å²) in [6, 6.07) is 4.61. The summed E-state index contributed by atoms with van der Waals surface area (Å²) >= 11 is 1.78. The van der Waals surface area contributed by atoms with E-state index in [1.165, 1.54) is 4.88 Å². The molecule has 2 N–H and O–H groups in total. The molecular weight excluding hydrogens is 296 g/mol. The van der Waals surface area contributed by atoms with Crippen molar-refractivity contribution < 1.29 is 9.53 Å². The van der Waals surface area contributed by atoms with Crippen LogP contribution in [-0.4, -0.2) is 24.8 Å². The summed E-state index contributed by atoms with van der Waals surface area (Å²) in [5, 5.41) is 8.34. The third-order valence-electron chi connectivity index (χ3n) is 2.90. The van der Waals surface area contributed by atoms with Gasteiger partial charge >= 0.3 is 6.09 Å². The first-order chi connectivity index (χ1) is 10.3. The molecule has 1 unspecified atom stereocenters. The van der Waals surface area contributed by atoms with Crippen LogP contribution in [0.4, 0.5) is 4.79 Å². The summed E-state index contributed by atoms with van der Waals surface area (Å²) < 4.78 is 5.16. The normalized spacial score (nSPS) is 13.5. The minimum atomic E-state index is -0.458. The number of hydrogen-bond donors (Lipinski definition) is 2. The molecule has 0 saturated heterocycles. The van der Waals surface area contributed by atoms with E-state index in [4.69, 9.17) is 4.74 Å². The molecule has 0 spiro atoms. The van der Waals surface area contributed by atoms with Crippen LogP contribution in [0, 0.1) is 5.92 Å². The second kappa shape index (κ2) is 8.96. The zero-order valence-corrected chi connectivity index (χ0v) is 15.0. The van der Waals surface area contributed by atoms with Gasteiger partial charge in [-0.3, -0.25) is 0 Å². The maximum Gasteiger partial charge on any atom is 0.407 e. The Hall–Kier alpha value is -1.33. The molecule has 1 rings (SSSR count). The topological polar surface area (TPSA) is 50.4 Å². The number of amides is 1. The van der Waals surface area contributed by atoms with Crippen LogP contribution in [0.3, 0.4) is 0 Å². The standard InChI is InChI=1S/C17H28N2O2S/c1-13(2)15(14-9-8-12-22-14)18-10-6-7-11-19-16(20)21-17(3,4)5/h6-9,12-13,15,18H,10-11H2,1-5H3,(H,19,20)/b7-6+. The van der Waals surface area contributed by atoms with E-state index in [0.29, 0.717) is 18.5 Å². The van der Waals surface area contributed by atoms with Crippen molar-refractivity contribution in [2.75, 3.05) is 13.1 Å². The predicted molar refractivity (Wildman–Crippen MR) is 93.3 cm³/mol. The second-order valence-electron chi connectivity index (χ2n) is 6.50. The minimum absolute atomic E-state index is 0.364. The molecule has 1 amide bonds. The van der Waals surface area contributed by atoms with Crippen molar-refractivity contribution in [3.05, 3.63) is 34.5 Å². The van der Waals surface area contributed by atoms with Crippen LogP contribution in [0.2, 0.25) is 0 Å². The largest absolute Gasteiger partial charge is 0.444 e. The molecule has 5 heteroatoms. The van der Waals surface area contributed by atoms with Gasteiger partial charge in [-0.25, -0.2) is 4.79 Å². The van der Waals surface area contributed by atoms with Gasteiger partial charge in [0.15, 0.2) is 0 Å². The first-order valence-corrected chi connectivity index (χ1v) is 8.56. The zero-order chi connectivity index (χ0) is 16.6. The quantitative estimate of drug-likeness (QED) is 0.742. The molecule has 4 nitrogen and oxygen atoms in total. The maximum atomic E-state index is 11.5. The molecule has 1 aromatic heterocycles. The molecule has 1 aromatic rings. The van der Waals surface area contributed by atoms with Gasteiger partial charge in [-0.1, -0.05) is 32.1 Å². The number of carbonyl (C=O) groups is 1. The highest BCUT2D eigenvalue weighted by atomic mass is 32.1. The highest BCUT2D eigenvalue weighted by molar-refractivity contribution is 7.10. The van der Waals surface area contributed by atoms with Gasteiger partial charge in [-0.15, -0.1) is 11.3 Å².